The lowest BCUT2D eigenvalue weighted by Gasteiger charge is -2.09. The van der Waals surface area contributed by atoms with Gasteiger partial charge in [0.15, 0.2) is 0 Å². The van der Waals surface area contributed by atoms with Crippen LogP contribution in [0.4, 0.5) is 0 Å². The molecule has 0 heterocycles. The molecule has 0 saturated carbocycles. The molecule has 0 spiro atoms. The van der Waals surface area contributed by atoms with E-state index in [1.165, 1.54) is 0 Å². The van der Waals surface area contributed by atoms with E-state index in [4.69, 9.17) is 4.74 Å². The summed E-state index contributed by atoms with van der Waals surface area (Å²) in [6.45, 7) is 4.53. The summed E-state index contributed by atoms with van der Waals surface area (Å²) < 4.78 is 5.48. The van der Waals surface area contributed by atoms with Gasteiger partial charge in [0.2, 0.25) is 4.69 Å². The lowest BCUT2D eigenvalue weighted by Crippen LogP contribution is -2.00. The normalized spacial score (nSPS) is 12.4. The number of halogens is 1. The number of fused-ring (bicyclic) bond motifs is 1. The van der Waals surface area contributed by atoms with Gasteiger partial charge in [-0.05, 0) is 51.3 Å². The van der Waals surface area contributed by atoms with Gasteiger partial charge < -0.3 is 4.74 Å². The Hall–Kier alpha value is -1.35. The molecule has 2 aromatic carbocycles. The molecule has 0 N–H and O–H groups in total. The van der Waals surface area contributed by atoms with Crippen LogP contribution in [0.2, 0.25) is 0 Å². The van der Waals surface area contributed by atoms with Crippen molar-refractivity contribution in [1.82, 2.24) is 0 Å². The van der Waals surface area contributed by atoms with E-state index in [2.05, 4.69) is 22.0 Å². The average Bonchev–Trinajstić information content (AvgIpc) is 2.37. The molecular formula is C15H15BrO2. The van der Waals surface area contributed by atoms with Crippen LogP contribution in [0.1, 0.15) is 25.3 Å². The zero-order valence-electron chi connectivity index (χ0n) is 10.4. The number of hydrogen-bond donors (Lipinski definition) is 0. The molecule has 0 bridgehead atoms. The number of carbonyl (C=O) groups excluding carboxylic acids is 1. The Morgan fingerprint density at radius 3 is 2.56 bits per heavy atom. The number of ether oxygens (including phenoxy) is 1. The van der Waals surface area contributed by atoms with Crippen molar-refractivity contribution >= 4 is 31.4 Å². The van der Waals surface area contributed by atoms with Crippen LogP contribution >= 0.6 is 15.9 Å². The van der Waals surface area contributed by atoms with Crippen molar-refractivity contribution in [3.05, 3.63) is 42.0 Å². The molecule has 0 aliphatic rings. The highest BCUT2D eigenvalue weighted by molar-refractivity contribution is 9.18. The summed E-state index contributed by atoms with van der Waals surface area (Å²) in [5, 5.41) is 2.25. The molecule has 0 saturated heterocycles. The maximum atomic E-state index is 11.3. The minimum atomic E-state index is -0.124. The van der Waals surface area contributed by atoms with E-state index < -0.39 is 0 Å². The zero-order valence-corrected chi connectivity index (χ0v) is 12.0. The summed E-state index contributed by atoms with van der Waals surface area (Å²) in [5.41, 5.74) is 1.02. The molecule has 0 fully saturated rings. The third-order valence-corrected chi connectivity index (χ3v) is 3.67. The van der Waals surface area contributed by atoms with Crippen molar-refractivity contribution in [2.24, 2.45) is 0 Å². The SMILES string of the molecule is CCOc1ccc2cc(C(C)C(=O)Br)ccc2c1. The first-order chi connectivity index (χ1) is 8.61. The molecular weight excluding hydrogens is 292 g/mol. The molecule has 3 heteroatoms. The van der Waals surface area contributed by atoms with Crippen LogP contribution < -0.4 is 4.74 Å². The highest BCUT2D eigenvalue weighted by atomic mass is 79.9. The van der Waals surface area contributed by atoms with Gasteiger partial charge in [-0.15, -0.1) is 0 Å². The molecule has 94 valence electrons. The van der Waals surface area contributed by atoms with Crippen molar-refractivity contribution < 1.29 is 9.53 Å². The molecule has 2 rings (SSSR count). The van der Waals surface area contributed by atoms with E-state index in [1.807, 2.05) is 44.2 Å². The second-order valence-corrected chi connectivity index (χ2v) is 5.01. The van der Waals surface area contributed by atoms with Crippen molar-refractivity contribution in [2.75, 3.05) is 6.61 Å². The maximum Gasteiger partial charge on any atom is 0.204 e. The van der Waals surface area contributed by atoms with Crippen molar-refractivity contribution in [3.8, 4) is 5.75 Å². The summed E-state index contributed by atoms with van der Waals surface area (Å²) in [4.78, 5) is 11.3. The fourth-order valence-electron chi connectivity index (χ4n) is 1.90. The summed E-state index contributed by atoms with van der Waals surface area (Å²) in [7, 11) is 0. The van der Waals surface area contributed by atoms with Crippen LogP contribution in [0, 0.1) is 0 Å². The monoisotopic (exact) mass is 306 g/mol. The lowest BCUT2D eigenvalue weighted by molar-refractivity contribution is -0.111. The fraction of sp³-hybridized carbons (Fsp3) is 0.267. The minimum Gasteiger partial charge on any atom is -0.494 e. The average molecular weight is 307 g/mol. The number of hydrogen-bond acceptors (Lipinski definition) is 2. The summed E-state index contributed by atoms with van der Waals surface area (Å²) in [6, 6.07) is 12.1. The number of rotatable bonds is 4. The van der Waals surface area contributed by atoms with Crippen molar-refractivity contribution in [2.45, 2.75) is 19.8 Å². The predicted octanol–water partition coefficient (Wildman–Crippen LogP) is 4.26. The first-order valence-corrected chi connectivity index (χ1v) is 6.77. The van der Waals surface area contributed by atoms with Crippen LogP contribution in [0.5, 0.6) is 5.75 Å². The summed E-state index contributed by atoms with van der Waals surface area (Å²) >= 11 is 3.01. The van der Waals surface area contributed by atoms with Crippen LogP contribution in [-0.2, 0) is 4.79 Å². The topological polar surface area (TPSA) is 26.3 Å². The van der Waals surface area contributed by atoms with Crippen LogP contribution in [0.15, 0.2) is 36.4 Å². The Morgan fingerprint density at radius 1 is 1.22 bits per heavy atom. The van der Waals surface area contributed by atoms with Gasteiger partial charge in [-0.3, -0.25) is 4.79 Å². The van der Waals surface area contributed by atoms with E-state index in [9.17, 15) is 4.79 Å². The Balaban J connectivity index is 2.41. The molecule has 0 aliphatic heterocycles. The van der Waals surface area contributed by atoms with Crippen LogP contribution in [-0.4, -0.2) is 11.3 Å². The van der Waals surface area contributed by atoms with E-state index in [0.717, 1.165) is 22.1 Å². The molecule has 0 aliphatic carbocycles. The third kappa shape index (κ3) is 2.72. The van der Waals surface area contributed by atoms with E-state index >= 15 is 0 Å². The Labute approximate surface area is 115 Å². The largest absolute Gasteiger partial charge is 0.494 e. The van der Waals surface area contributed by atoms with E-state index in [1.54, 1.807) is 0 Å². The van der Waals surface area contributed by atoms with Gasteiger partial charge in [0.05, 0.1) is 12.5 Å². The van der Waals surface area contributed by atoms with E-state index in [-0.39, 0.29) is 10.6 Å². The molecule has 2 nitrogen and oxygen atoms in total. The van der Waals surface area contributed by atoms with Crippen LogP contribution in [0.25, 0.3) is 10.8 Å². The quantitative estimate of drug-likeness (QED) is 0.789. The summed E-state index contributed by atoms with van der Waals surface area (Å²) in [5.74, 6) is 0.753. The maximum absolute atomic E-state index is 11.3. The molecule has 0 radical (unpaired) electrons. The van der Waals surface area contributed by atoms with Gasteiger partial charge in [0.25, 0.3) is 0 Å². The second kappa shape index (κ2) is 5.53. The third-order valence-electron chi connectivity index (χ3n) is 2.99. The predicted molar refractivity (Wildman–Crippen MR) is 77.5 cm³/mol. The summed E-state index contributed by atoms with van der Waals surface area (Å²) in [6.07, 6.45) is 0. The molecule has 0 amide bonds. The first-order valence-electron chi connectivity index (χ1n) is 5.97. The van der Waals surface area contributed by atoms with Gasteiger partial charge in [0, 0.05) is 0 Å². The minimum absolute atomic E-state index is 0.00721. The fourth-order valence-corrected chi connectivity index (χ4v) is 2.16. The van der Waals surface area contributed by atoms with E-state index in [0.29, 0.717) is 6.61 Å². The Bertz CT molecular complexity index is 578. The van der Waals surface area contributed by atoms with Crippen LogP contribution in [0.3, 0.4) is 0 Å². The number of benzene rings is 2. The lowest BCUT2D eigenvalue weighted by atomic mass is 9.99. The smallest absolute Gasteiger partial charge is 0.204 e. The molecule has 2 aromatic rings. The molecule has 1 unspecified atom stereocenters. The van der Waals surface area contributed by atoms with Gasteiger partial charge in [-0.25, -0.2) is 0 Å². The van der Waals surface area contributed by atoms with Crippen molar-refractivity contribution in [3.63, 3.8) is 0 Å². The molecule has 18 heavy (non-hydrogen) atoms. The van der Waals surface area contributed by atoms with Crippen molar-refractivity contribution in [1.29, 1.82) is 0 Å². The molecule has 1 atom stereocenters. The second-order valence-electron chi connectivity index (χ2n) is 4.23. The highest BCUT2D eigenvalue weighted by Gasteiger charge is 2.12. The van der Waals surface area contributed by atoms with Gasteiger partial charge >= 0.3 is 0 Å². The Kier molecular flexibility index (Phi) is 4.02. The zero-order chi connectivity index (χ0) is 13.1. The standard InChI is InChI=1S/C15H15BrO2/c1-3-18-14-7-6-12-8-11(10(2)15(16)17)4-5-13(12)9-14/h4-10H,3H2,1-2H3. The highest BCUT2D eigenvalue weighted by Crippen LogP contribution is 2.26. The Morgan fingerprint density at radius 2 is 1.89 bits per heavy atom. The van der Waals surface area contributed by atoms with Gasteiger partial charge in [0.1, 0.15) is 5.75 Å². The number of carbonyl (C=O) groups is 1. The first kappa shape index (κ1) is 13.1. The van der Waals surface area contributed by atoms with Gasteiger partial charge in [-0.1, -0.05) is 31.2 Å². The molecule has 0 aromatic heterocycles. The van der Waals surface area contributed by atoms with Gasteiger partial charge in [-0.2, -0.15) is 0 Å².